The van der Waals surface area contributed by atoms with E-state index < -0.39 is 0 Å². The molecule has 1 aromatic heterocycles. The second-order valence-corrected chi connectivity index (χ2v) is 6.26. The summed E-state index contributed by atoms with van der Waals surface area (Å²) in [6.45, 7) is 2.92. The molecule has 3 aromatic rings. The molecule has 6 heteroatoms. The van der Waals surface area contributed by atoms with Crippen LogP contribution in [0.5, 0.6) is 5.75 Å². The second-order valence-electron chi connectivity index (χ2n) is 5.83. The highest BCUT2D eigenvalue weighted by Gasteiger charge is 2.12. The van der Waals surface area contributed by atoms with Gasteiger partial charge in [0, 0.05) is 24.2 Å². The van der Waals surface area contributed by atoms with Gasteiger partial charge in [-0.2, -0.15) is 0 Å². The average molecular weight is 358 g/mol. The molecular weight excluding hydrogens is 338 g/mol. The van der Waals surface area contributed by atoms with E-state index >= 15 is 0 Å². The van der Waals surface area contributed by atoms with Crippen LogP contribution in [0, 0.1) is 0 Å². The van der Waals surface area contributed by atoms with E-state index in [1.807, 2.05) is 41.8 Å². The van der Waals surface area contributed by atoms with Crippen molar-refractivity contribution >= 4 is 28.5 Å². The third kappa shape index (κ3) is 3.46. The minimum Gasteiger partial charge on any atom is -0.496 e. The van der Waals surface area contributed by atoms with Crippen LogP contribution in [0.3, 0.4) is 0 Å². The molecule has 0 aliphatic carbocycles. The fourth-order valence-electron chi connectivity index (χ4n) is 2.70. The predicted molar refractivity (Wildman–Crippen MR) is 100 cm³/mol. The zero-order chi connectivity index (χ0) is 18.0. The fraction of sp³-hybridized carbons (Fsp3) is 0.263. The maximum absolute atomic E-state index is 12.1. The number of fused-ring (bicyclic) bond motifs is 1. The molecule has 0 unspecified atom stereocenters. The zero-order valence-electron chi connectivity index (χ0n) is 14.5. The summed E-state index contributed by atoms with van der Waals surface area (Å²) in [5.41, 5.74) is 3.70. The first kappa shape index (κ1) is 17.3. The maximum atomic E-state index is 12.1. The van der Waals surface area contributed by atoms with Gasteiger partial charge in [0.2, 0.25) is 5.91 Å². The number of nitrogens with zero attached hydrogens (tertiary/aromatic N) is 3. The summed E-state index contributed by atoms with van der Waals surface area (Å²) >= 11 is 6.04. The van der Waals surface area contributed by atoms with Crippen LogP contribution in [-0.4, -0.2) is 41.1 Å². The van der Waals surface area contributed by atoms with Crippen LogP contribution in [0.1, 0.15) is 6.92 Å². The summed E-state index contributed by atoms with van der Waals surface area (Å²) in [5.74, 6) is 0.774. The van der Waals surface area contributed by atoms with Crippen molar-refractivity contribution in [1.82, 2.24) is 14.5 Å². The SMILES string of the molecule is CCN(C)C(=O)Cn1cnc2cc(-c3ccc(Cl)cc3OC)ccc21. The Labute approximate surface area is 151 Å². The summed E-state index contributed by atoms with van der Waals surface area (Å²) in [5, 5.41) is 0.629. The van der Waals surface area contributed by atoms with Crippen molar-refractivity contribution in [1.29, 1.82) is 0 Å². The van der Waals surface area contributed by atoms with E-state index in [-0.39, 0.29) is 12.5 Å². The van der Waals surface area contributed by atoms with Gasteiger partial charge in [-0.05, 0) is 42.8 Å². The first-order chi connectivity index (χ1) is 12.0. The first-order valence-corrected chi connectivity index (χ1v) is 8.44. The van der Waals surface area contributed by atoms with Gasteiger partial charge in [-0.15, -0.1) is 0 Å². The largest absolute Gasteiger partial charge is 0.496 e. The molecule has 0 spiro atoms. The van der Waals surface area contributed by atoms with Crippen molar-refractivity contribution < 1.29 is 9.53 Å². The van der Waals surface area contributed by atoms with Crippen LogP contribution in [0.15, 0.2) is 42.7 Å². The molecule has 1 heterocycles. The Kier molecular flexibility index (Phi) is 4.95. The van der Waals surface area contributed by atoms with Gasteiger partial charge >= 0.3 is 0 Å². The molecule has 5 nitrogen and oxygen atoms in total. The highest BCUT2D eigenvalue weighted by atomic mass is 35.5. The van der Waals surface area contributed by atoms with Gasteiger partial charge in [0.15, 0.2) is 0 Å². The number of carbonyl (C=O) groups is 1. The van der Waals surface area contributed by atoms with Crippen LogP contribution in [0.4, 0.5) is 0 Å². The Morgan fingerprint density at radius 3 is 2.80 bits per heavy atom. The molecule has 25 heavy (non-hydrogen) atoms. The third-order valence-corrected chi connectivity index (χ3v) is 4.54. The van der Waals surface area contributed by atoms with Crippen LogP contribution < -0.4 is 4.74 Å². The number of halogens is 1. The Morgan fingerprint density at radius 1 is 1.28 bits per heavy atom. The van der Waals surface area contributed by atoms with Gasteiger partial charge in [0.1, 0.15) is 12.3 Å². The van der Waals surface area contributed by atoms with Gasteiger partial charge in [-0.25, -0.2) is 4.98 Å². The maximum Gasteiger partial charge on any atom is 0.242 e. The number of amides is 1. The summed E-state index contributed by atoms with van der Waals surface area (Å²) in [6, 6.07) is 11.5. The summed E-state index contributed by atoms with van der Waals surface area (Å²) < 4.78 is 7.30. The highest BCUT2D eigenvalue weighted by molar-refractivity contribution is 6.30. The molecule has 0 saturated carbocycles. The summed E-state index contributed by atoms with van der Waals surface area (Å²) in [7, 11) is 3.42. The predicted octanol–water partition coefficient (Wildman–Crippen LogP) is 3.84. The Morgan fingerprint density at radius 2 is 2.08 bits per heavy atom. The zero-order valence-corrected chi connectivity index (χ0v) is 15.2. The first-order valence-electron chi connectivity index (χ1n) is 8.06. The van der Waals surface area contributed by atoms with Crippen molar-refractivity contribution in [3.8, 4) is 16.9 Å². The Balaban J connectivity index is 1.96. The molecule has 0 aliphatic heterocycles. The molecule has 2 aromatic carbocycles. The van der Waals surface area contributed by atoms with Crippen molar-refractivity contribution in [3.63, 3.8) is 0 Å². The van der Waals surface area contributed by atoms with E-state index in [9.17, 15) is 4.79 Å². The number of ether oxygens (including phenoxy) is 1. The van der Waals surface area contributed by atoms with Crippen LogP contribution in [0.25, 0.3) is 22.2 Å². The molecule has 0 atom stereocenters. The van der Waals surface area contributed by atoms with E-state index in [2.05, 4.69) is 4.98 Å². The molecule has 0 N–H and O–H groups in total. The minimum atomic E-state index is 0.0604. The smallest absolute Gasteiger partial charge is 0.242 e. The summed E-state index contributed by atoms with van der Waals surface area (Å²) in [6.07, 6.45) is 1.70. The van der Waals surface area contributed by atoms with Gasteiger partial charge < -0.3 is 14.2 Å². The molecule has 3 rings (SSSR count). The van der Waals surface area contributed by atoms with E-state index in [1.165, 1.54) is 0 Å². The molecule has 0 fully saturated rings. The fourth-order valence-corrected chi connectivity index (χ4v) is 2.87. The number of likely N-dealkylation sites (N-methyl/N-ethyl adjacent to an activating group) is 1. The van der Waals surface area contributed by atoms with Crippen LogP contribution in [-0.2, 0) is 11.3 Å². The molecule has 0 saturated heterocycles. The van der Waals surface area contributed by atoms with Gasteiger partial charge in [0.25, 0.3) is 0 Å². The van der Waals surface area contributed by atoms with Crippen molar-refractivity contribution in [2.24, 2.45) is 0 Å². The van der Waals surface area contributed by atoms with Crippen LogP contribution in [0.2, 0.25) is 5.02 Å². The molecule has 0 aliphatic rings. The van der Waals surface area contributed by atoms with E-state index in [1.54, 1.807) is 31.5 Å². The topological polar surface area (TPSA) is 47.4 Å². The normalized spacial score (nSPS) is 10.9. The van der Waals surface area contributed by atoms with E-state index in [0.29, 0.717) is 17.3 Å². The van der Waals surface area contributed by atoms with Gasteiger partial charge in [-0.3, -0.25) is 4.79 Å². The number of hydrogen-bond donors (Lipinski definition) is 0. The van der Waals surface area contributed by atoms with Gasteiger partial charge in [0.05, 0.1) is 24.5 Å². The van der Waals surface area contributed by atoms with Crippen molar-refractivity contribution in [2.45, 2.75) is 13.5 Å². The number of imidazole rings is 1. The average Bonchev–Trinajstić information content (AvgIpc) is 3.02. The Hall–Kier alpha value is -2.53. The van der Waals surface area contributed by atoms with Crippen molar-refractivity contribution in [2.75, 3.05) is 20.7 Å². The standard InChI is InChI=1S/C19H20ClN3O2/c1-4-22(2)19(24)11-23-12-21-16-9-13(5-8-17(16)23)15-7-6-14(20)10-18(15)25-3/h5-10,12H,4,11H2,1-3H3. The number of aromatic nitrogens is 2. The molecule has 0 bridgehead atoms. The van der Waals surface area contributed by atoms with E-state index in [4.69, 9.17) is 16.3 Å². The van der Waals surface area contributed by atoms with E-state index in [0.717, 1.165) is 22.2 Å². The second kappa shape index (κ2) is 7.15. The molecule has 130 valence electrons. The van der Waals surface area contributed by atoms with Crippen molar-refractivity contribution in [3.05, 3.63) is 47.7 Å². The van der Waals surface area contributed by atoms with Crippen LogP contribution >= 0.6 is 11.6 Å². The lowest BCUT2D eigenvalue weighted by atomic mass is 10.0. The minimum absolute atomic E-state index is 0.0604. The number of carbonyl (C=O) groups excluding carboxylic acids is 1. The third-order valence-electron chi connectivity index (χ3n) is 4.30. The number of rotatable bonds is 5. The number of methoxy groups -OCH3 is 1. The van der Waals surface area contributed by atoms with Gasteiger partial charge in [-0.1, -0.05) is 17.7 Å². The molecular formula is C19H20ClN3O2. The monoisotopic (exact) mass is 357 g/mol. The number of benzene rings is 2. The Bertz CT molecular complexity index is 920. The molecule has 0 radical (unpaired) electrons. The molecule has 1 amide bonds. The summed E-state index contributed by atoms with van der Waals surface area (Å²) in [4.78, 5) is 18.3. The lowest BCUT2D eigenvalue weighted by molar-refractivity contribution is -0.130. The highest BCUT2D eigenvalue weighted by Crippen LogP contribution is 2.33. The quantitative estimate of drug-likeness (QED) is 0.697. The lowest BCUT2D eigenvalue weighted by Crippen LogP contribution is -2.29. The number of hydrogen-bond acceptors (Lipinski definition) is 3. The lowest BCUT2D eigenvalue weighted by Gasteiger charge is -2.15.